The van der Waals surface area contributed by atoms with Gasteiger partial charge in [-0.1, -0.05) is 0 Å². The molecule has 0 radical (unpaired) electrons. The molecule has 0 saturated heterocycles. The summed E-state index contributed by atoms with van der Waals surface area (Å²) in [7, 11) is 2.40. The number of hydrogen-bond donors (Lipinski definition) is 0. The van der Waals surface area contributed by atoms with E-state index in [1.54, 1.807) is 19.9 Å². The number of hydrogen-bond acceptors (Lipinski definition) is 13. The van der Waals surface area contributed by atoms with Gasteiger partial charge in [0.2, 0.25) is 12.5 Å². The van der Waals surface area contributed by atoms with Crippen LogP contribution in [-0.4, -0.2) is 73.3 Å². The third-order valence-corrected chi connectivity index (χ3v) is 9.98. The van der Waals surface area contributed by atoms with Crippen LogP contribution in [0, 0.1) is 8.99 Å². The van der Waals surface area contributed by atoms with Gasteiger partial charge in [-0.15, -0.1) is 0 Å². The summed E-state index contributed by atoms with van der Waals surface area (Å²) in [6.07, 6.45) is -1.11. The maximum Gasteiger partial charge on any atom is 0.362 e. The lowest BCUT2D eigenvalue weighted by Gasteiger charge is -2.29. The zero-order chi connectivity index (χ0) is 31.9. The number of ether oxygens (including phenoxy) is 7. The highest BCUT2D eigenvalue weighted by Gasteiger charge is 2.51. The molecule has 0 unspecified atom stereocenters. The van der Waals surface area contributed by atoms with Crippen molar-refractivity contribution in [1.82, 2.24) is 0 Å². The molecule has 0 amide bonds. The van der Waals surface area contributed by atoms with Gasteiger partial charge in [-0.2, -0.15) is 0 Å². The molecule has 0 spiro atoms. The highest BCUT2D eigenvalue weighted by atomic mass is 127. The van der Waals surface area contributed by atoms with Crippen LogP contribution in [0.3, 0.4) is 0 Å². The predicted molar refractivity (Wildman–Crippen MR) is 161 cm³/mol. The molecule has 2 aromatic rings. The van der Waals surface area contributed by atoms with Crippen LogP contribution in [0.5, 0.6) is 28.7 Å². The van der Waals surface area contributed by atoms with Gasteiger partial charge in [-0.3, -0.25) is 18.9 Å². The van der Waals surface area contributed by atoms with Gasteiger partial charge in [0.15, 0.2) is 34.2 Å². The molecule has 3 rings (SSSR count). The zero-order valence-corrected chi connectivity index (χ0v) is 28.0. The molecule has 0 N–H and O–H groups in total. The molecule has 0 bridgehead atoms. The Bertz CT molecular complexity index is 1400. The summed E-state index contributed by atoms with van der Waals surface area (Å²) < 4.78 is 62.9. The predicted octanol–water partition coefficient (Wildman–Crippen LogP) is 4.09. The van der Waals surface area contributed by atoms with Crippen molar-refractivity contribution in [3.8, 4) is 28.7 Å². The Labute approximate surface area is 263 Å². The van der Waals surface area contributed by atoms with E-state index in [0.717, 1.165) is 14.2 Å². The topological polar surface area (TPSA) is 151 Å². The molecular formula is C28H34IO13P. The minimum atomic E-state index is -4.06. The molecule has 1 aliphatic rings. The Morgan fingerprint density at radius 3 is 1.91 bits per heavy atom. The lowest BCUT2D eigenvalue weighted by Crippen LogP contribution is -2.45. The smallest absolute Gasteiger partial charge is 0.362 e. The fourth-order valence-corrected chi connectivity index (χ4v) is 7.32. The van der Waals surface area contributed by atoms with Gasteiger partial charge in [0.1, 0.15) is 0 Å². The SMILES string of the molecule is CCOP(=O)(OCC)c1cc2c(cc1C(=O)CC(Cc1cc(OC)c(OC)c(OC)c1I)(C(=O)OC)C(=O)OC)OCO2. The van der Waals surface area contributed by atoms with Gasteiger partial charge in [0.25, 0.3) is 0 Å². The maximum atomic E-state index is 14.2. The van der Waals surface area contributed by atoms with E-state index in [-0.39, 0.29) is 54.5 Å². The van der Waals surface area contributed by atoms with Crippen LogP contribution in [0.4, 0.5) is 0 Å². The molecule has 0 aliphatic carbocycles. The molecule has 43 heavy (non-hydrogen) atoms. The number of fused-ring (bicyclic) bond motifs is 1. The summed E-state index contributed by atoms with van der Waals surface area (Å²) >= 11 is 1.98. The summed E-state index contributed by atoms with van der Waals surface area (Å²) in [5.41, 5.74) is -1.94. The molecule has 0 saturated carbocycles. The number of ketones is 1. The molecule has 1 aliphatic heterocycles. The first-order valence-corrected chi connectivity index (χ1v) is 15.6. The van der Waals surface area contributed by atoms with Crippen molar-refractivity contribution in [2.75, 3.05) is 55.6 Å². The number of methoxy groups -OCH3 is 5. The average Bonchev–Trinajstić information content (AvgIpc) is 3.47. The second-order valence-electron chi connectivity index (χ2n) is 9.02. The van der Waals surface area contributed by atoms with E-state index in [4.69, 9.17) is 42.2 Å². The van der Waals surface area contributed by atoms with E-state index in [2.05, 4.69) is 0 Å². The standard InChI is InChI=1S/C28H34IO13P/c1-8-41-43(33,42-9-2)22-12-20-19(39-15-40-20)11-17(22)18(30)14-28(26(31)37-6,27(32)38-7)13-16-10-21(34-3)24(35-4)25(36-5)23(16)29/h10-12H,8-9,13-15H2,1-7H3. The largest absolute Gasteiger partial charge is 0.493 e. The molecule has 236 valence electrons. The van der Waals surface area contributed by atoms with Crippen LogP contribution >= 0.6 is 30.2 Å². The summed E-state index contributed by atoms with van der Waals surface area (Å²) in [4.78, 5) is 41.2. The fraction of sp³-hybridized carbons (Fsp3) is 0.464. The Balaban J connectivity index is 2.25. The van der Waals surface area contributed by atoms with E-state index in [1.165, 1.54) is 33.5 Å². The average molecular weight is 736 g/mol. The number of carbonyl (C=O) groups is 3. The molecule has 2 aromatic carbocycles. The Morgan fingerprint density at radius 2 is 1.42 bits per heavy atom. The number of halogens is 1. The van der Waals surface area contributed by atoms with Crippen LogP contribution in [0.2, 0.25) is 0 Å². The first kappa shape index (κ1) is 34.4. The summed E-state index contributed by atoms with van der Waals surface area (Å²) in [5.74, 6) is -1.54. The number of esters is 2. The minimum Gasteiger partial charge on any atom is -0.493 e. The zero-order valence-electron chi connectivity index (χ0n) is 24.9. The van der Waals surface area contributed by atoms with Crippen LogP contribution < -0.4 is 29.0 Å². The lowest BCUT2D eigenvalue weighted by atomic mass is 9.76. The number of carbonyl (C=O) groups excluding carboxylic acids is 3. The third kappa shape index (κ3) is 6.71. The lowest BCUT2D eigenvalue weighted by molar-refractivity contribution is -0.169. The Kier molecular flexibility index (Phi) is 11.7. The minimum absolute atomic E-state index is 0.00712. The van der Waals surface area contributed by atoms with E-state index in [9.17, 15) is 18.9 Å². The second-order valence-corrected chi connectivity index (χ2v) is 12.1. The second kappa shape index (κ2) is 14.6. The van der Waals surface area contributed by atoms with Gasteiger partial charge in [0, 0.05) is 24.5 Å². The van der Waals surface area contributed by atoms with Crippen LogP contribution in [0.15, 0.2) is 18.2 Å². The van der Waals surface area contributed by atoms with Crippen molar-refractivity contribution in [3.05, 3.63) is 32.9 Å². The highest BCUT2D eigenvalue weighted by Crippen LogP contribution is 2.51. The van der Waals surface area contributed by atoms with Gasteiger partial charge in [-0.05, 0) is 54.1 Å². The molecule has 0 atom stereocenters. The monoisotopic (exact) mass is 736 g/mol. The van der Waals surface area contributed by atoms with Crippen LogP contribution in [0.1, 0.15) is 36.2 Å². The van der Waals surface area contributed by atoms with Crippen molar-refractivity contribution in [2.45, 2.75) is 26.7 Å². The molecular weight excluding hydrogens is 702 g/mol. The van der Waals surface area contributed by atoms with Crippen molar-refractivity contribution >= 4 is 53.2 Å². The number of benzene rings is 2. The van der Waals surface area contributed by atoms with Gasteiger partial charge in [-0.25, -0.2) is 0 Å². The van der Waals surface area contributed by atoms with Crippen molar-refractivity contribution in [2.24, 2.45) is 5.41 Å². The molecule has 0 aromatic heterocycles. The normalized spacial score (nSPS) is 12.5. The maximum absolute atomic E-state index is 14.2. The van der Waals surface area contributed by atoms with Crippen LogP contribution in [0.25, 0.3) is 0 Å². The molecule has 0 fully saturated rings. The summed E-state index contributed by atoms with van der Waals surface area (Å²) in [5, 5.41) is -0.101. The quantitative estimate of drug-likeness (QED) is 0.0850. The van der Waals surface area contributed by atoms with Gasteiger partial charge < -0.3 is 42.2 Å². The molecule has 13 nitrogen and oxygen atoms in total. The first-order chi connectivity index (χ1) is 20.5. The van der Waals surface area contributed by atoms with E-state index in [1.807, 2.05) is 22.6 Å². The third-order valence-electron chi connectivity index (χ3n) is 6.64. The van der Waals surface area contributed by atoms with E-state index >= 15 is 0 Å². The first-order valence-electron chi connectivity index (χ1n) is 13.0. The van der Waals surface area contributed by atoms with Gasteiger partial charge in [0.05, 0.1) is 57.6 Å². The summed E-state index contributed by atoms with van der Waals surface area (Å²) in [6, 6.07) is 4.24. The van der Waals surface area contributed by atoms with Crippen molar-refractivity contribution in [1.29, 1.82) is 0 Å². The number of rotatable bonds is 15. The van der Waals surface area contributed by atoms with E-state index < -0.39 is 37.2 Å². The highest BCUT2D eigenvalue weighted by molar-refractivity contribution is 14.1. The van der Waals surface area contributed by atoms with Crippen LogP contribution in [-0.2, 0) is 39.1 Å². The molecule has 15 heteroatoms. The fourth-order valence-electron chi connectivity index (χ4n) is 4.72. The Morgan fingerprint density at radius 1 is 0.860 bits per heavy atom. The summed E-state index contributed by atoms with van der Waals surface area (Å²) in [6.45, 7) is 3.13. The van der Waals surface area contributed by atoms with Crippen molar-refractivity contribution < 1.29 is 61.2 Å². The van der Waals surface area contributed by atoms with Gasteiger partial charge >= 0.3 is 19.5 Å². The number of Topliss-reactive ketones (excluding diaryl/α,β-unsaturated/α-hetero) is 1. The van der Waals surface area contributed by atoms with E-state index in [0.29, 0.717) is 20.6 Å². The van der Waals surface area contributed by atoms with Crippen molar-refractivity contribution in [3.63, 3.8) is 0 Å². The Hall–Kier alpha value is -3.07. The molecule has 1 heterocycles.